The maximum Gasteiger partial charge on any atom is 0.331 e. The average Bonchev–Trinajstić information content (AvgIpc) is 2.44. The highest BCUT2D eigenvalue weighted by atomic mass is 28.4. The molecule has 6 heteroatoms. The van der Waals surface area contributed by atoms with E-state index in [4.69, 9.17) is 13.9 Å². The molecule has 0 rings (SSSR count). The molecule has 0 saturated heterocycles. The van der Waals surface area contributed by atoms with Crippen LogP contribution >= 0.6 is 0 Å². The first-order chi connectivity index (χ1) is 10.9. The van der Waals surface area contributed by atoms with Crippen LogP contribution in [0.3, 0.4) is 0 Å². The Morgan fingerprint density at radius 1 is 1.25 bits per heavy atom. The standard InChI is InChI=1S/C18H36O5Si/c1-9-15(17(19)20)12-16(22-13-21-6)11-10-14(2)23-24(7,8)18(3,4)5/h12,14,16H,9-11,13H2,1-8H3,(H,19,20)/t14-,16-/m1/s1. The zero-order valence-corrected chi connectivity index (χ0v) is 17.6. The summed E-state index contributed by atoms with van der Waals surface area (Å²) in [4.78, 5) is 11.2. The van der Waals surface area contributed by atoms with Crippen LogP contribution in [0.15, 0.2) is 11.6 Å². The number of carboxylic acids is 1. The first kappa shape index (κ1) is 23.3. The first-order valence-corrected chi connectivity index (χ1v) is 11.6. The normalized spacial score (nSPS) is 16.1. The molecule has 24 heavy (non-hydrogen) atoms. The minimum atomic E-state index is -1.80. The molecule has 0 radical (unpaired) electrons. The highest BCUT2D eigenvalue weighted by molar-refractivity contribution is 6.74. The van der Waals surface area contributed by atoms with Gasteiger partial charge < -0.3 is 19.0 Å². The highest BCUT2D eigenvalue weighted by Gasteiger charge is 2.38. The van der Waals surface area contributed by atoms with Crippen LogP contribution in [0.25, 0.3) is 0 Å². The lowest BCUT2D eigenvalue weighted by Crippen LogP contribution is -2.43. The molecule has 0 amide bonds. The van der Waals surface area contributed by atoms with Crippen LogP contribution in [0.2, 0.25) is 18.1 Å². The summed E-state index contributed by atoms with van der Waals surface area (Å²) in [5, 5.41) is 9.37. The van der Waals surface area contributed by atoms with Crippen molar-refractivity contribution in [3.8, 4) is 0 Å². The van der Waals surface area contributed by atoms with Crippen molar-refractivity contribution in [2.24, 2.45) is 0 Å². The molecule has 0 aliphatic heterocycles. The molecule has 1 N–H and O–H groups in total. The Kier molecular flexibility index (Phi) is 10.0. The maximum atomic E-state index is 11.2. The van der Waals surface area contributed by atoms with Crippen LogP contribution in [0.4, 0.5) is 0 Å². The lowest BCUT2D eigenvalue weighted by atomic mass is 10.1. The molecular weight excluding hydrogens is 324 g/mol. The quantitative estimate of drug-likeness (QED) is 0.332. The third-order valence-electron chi connectivity index (χ3n) is 4.60. The van der Waals surface area contributed by atoms with Gasteiger partial charge in [-0.15, -0.1) is 0 Å². The Labute approximate surface area is 148 Å². The van der Waals surface area contributed by atoms with Gasteiger partial charge in [-0.2, -0.15) is 0 Å². The fraction of sp³-hybridized carbons (Fsp3) is 0.833. The van der Waals surface area contributed by atoms with Crippen molar-refractivity contribution in [3.63, 3.8) is 0 Å². The Morgan fingerprint density at radius 3 is 2.25 bits per heavy atom. The van der Waals surface area contributed by atoms with Gasteiger partial charge in [0.1, 0.15) is 6.79 Å². The zero-order chi connectivity index (χ0) is 19.0. The van der Waals surface area contributed by atoms with Gasteiger partial charge in [0, 0.05) is 18.8 Å². The first-order valence-electron chi connectivity index (χ1n) is 8.67. The summed E-state index contributed by atoms with van der Waals surface area (Å²) in [6, 6.07) is 0. The van der Waals surface area contributed by atoms with Crippen molar-refractivity contribution in [1.82, 2.24) is 0 Å². The van der Waals surface area contributed by atoms with Gasteiger partial charge in [0.2, 0.25) is 0 Å². The van der Waals surface area contributed by atoms with E-state index in [9.17, 15) is 9.90 Å². The van der Waals surface area contributed by atoms with Crippen molar-refractivity contribution in [1.29, 1.82) is 0 Å². The zero-order valence-electron chi connectivity index (χ0n) is 16.6. The van der Waals surface area contributed by atoms with Crippen molar-refractivity contribution in [2.75, 3.05) is 13.9 Å². The summed E-state index contributed by atoms with van der Waals surface area (Å²) >= 11 is 0. The minimum absolute atomic E-state index is 0.114. The topological polar surface area (TPSA) is 65.0 Å². The van der Waals surface area contributed by atoms with Gasteiger partial charge in [-0.1, -0.05) is 27.7 Å². The predicted octanol–water partition coefficient (Wildman–Crippen LogP) is 4.59. The summed E-state index contributed by atoms with van der Waals surface area (Å²) in [5.41, 5.74) is 0.370. The molecule has 0 aliphatic carbocycles. The number of aliphatic carboxylic acids is 1. The summed E-state index contributed by atoms with van der Waals surface area (Å²) in [6.07, 6.45) is 3.52. The molecule has 2 atom stereocenters. The largest absolute Gasteiger partial charge is 0.478 e. The van der Waals surface area contributed by atoms with Crippen molar-refractivity contribution < 1.29 is 23.8 Å². The number of rotatable bonds is 11. The second-order valence-corrected chi connectivity index (χ2v) is 12.5. The number of ether oxygens (including phenoxy) is 2. The molecule has 0 aromatic carbocycles. The Hall–Kier alpha value is -0.693. The molecule has 0 aromatic rings. The summed E-state index contributed by atoms with van der Waals surface area (Å²) in [6.45, 7) is 15.2. The van der Waals surface area contributed by atoms with Gasteiger partial charge in [0.15, 0.2) is 8.32 Å². The van der Waals surface area contributed by atoms with Gasteiger partial charge in [0.05, 0.1) is 6.10 Å². The smallest absolute Gasteiger partial charge is 0.331 e. The monoisotopic (exact) mass is 360 g/mol. The summed E-state index contributed by atoms with van der Waals surface area (Å²) in [5.74, 6) is -0.894. The lowest BCUT2D eigenvalue weighted by Gasteiger charge is -2.38. The van der Waals surface area contributed by atoms with Crippen molar-refractivity contribution >= 4 is 14.3 Å². The Morgan fingerprint density at radius 2 is 1.83 bits per heavy atom. The van der Waals surface area contributed by atoms with Crippen molar-refractivity contribution in [2.45, 2.75) is 84.2 Å². The Bertz CT molecular complexity index is 412. The molecular formula is C18H36O5Si. The number of carbonyl (C=O) groups is 1. The molecule has 0 spiro atoms. The van der Waals surface area contributed by atoms with E-state index < -0.39 is 14.3 Å². The minimum Gasteiger partial charge on any atom is -0.478 e. The highest BCUT2D eigenvalue weighted by Crippen LogP contribution is 2.37. The second-order valence-electron chi connectivity index (χ2n) is 7.73. The van der Waals surface area contributed by atoms with Crippen LogP contribution in [0.1, 0.15) is 53.9 Å². The second kappa shape index (κ2) is 10.3. The molecule has 0 heterocycles. The van der Waals surface area contributed by atoms with E-state index >= 15 is 0 Å². The van der Waals surface area contributed by atoms with E-state index in [1.165, 1.54) is 0 Å². The molecule has 5 nitrogen and oxygen atoms in total. The molecule has 0 saturated carbocycles. The summed E-state index contributed by atoms with van der Waals surface area (Å²) < 4.78 is 16.9. The number of hydrogen-bond donors (Lipinski definition) is 1. The van der Waals surface area contributed by atoms with Crippen LogP contribution in [0.5, 0.6) is 0 Å². The SMILES string of the molecule is CCC(=C[C@@H](CC[C@@H](C)O[Si](C)(C)C(C)(C)C)OCOC)C(=O)O. The van der Waals surface area contributed by atoms with Crippen LogP contribution in [-0.4, -0.2) is 45.5 Å². The molecule has 0 aliphatic rings. The van der Waals surface area contributed by atoms with Crippen LogP contribution in [-0.2, 0) is 18.7 Å². The van der Waals surface area contributed by atoms with E-state index in [1.807, 2.05) is 6.92 Å². The van der Waals surface area contributed by atoms with E-state index in [1.54, 1.807) is 13.2 Å². The predicted molar refractivity (Wildman–Crippen MR) is 99.7 cm³/mol. The number of hydrogen-bond acceptors (Lipinski definition) is 4. The van der Waals surface area contributed by atoms with Gasteiger partial charge in [-0.25, -0.2) is 4.79 Å². The maximum absolute atomic E-state index is 11.2. The van der Waals surface area contributed by atoms with E-state index in [2.05, 4.69) is 40.8 Å². The molecule has 142 valence electrons. The molecule has 0 unspecified atom stereocenters. The number of methoxy groups -OCH3 is 1. The molecule has 0 bridgehead atoms. The van der Waals surface area contributed by atoms with E-state index in [0.717, 1.165) is 6.42 Å². The average molecular weight is 361 g/mol. The Balaban J connectivity index is 4.79. The van der Waals surface area contributed by atoms with Gasteiger partial charge in [-0.3, -0.25) is 0 Å². The van der Waals surface area contributed by atoms with E-state index in [-0.39, 0.29) is 24.0 Å². The lowest BCUT2D eigenvalue weighted by molar-refractivity contribution is -0.133. The third kappa shape index (κ3) is 8.42. The van der Waals surface area contributed by atoms with E-state index in [0.29, 0.717) is 18.4 Å². The number of carboxylic acid groups (broad SMARTS) is 1. The fourth-order valence-corrected chi connectivity index (χ4v) is 3.55. The molecule has 0 fully saturated rings. The van der Waals surface area contributed by atoms with Crippen molar-refractivity contribution in [3.05, 3.63) is 11.6 Å². The van der Waals surface area contributed by atoms with Gasteiger partial charge in [0.25, 0.3) is 0 Å². The van der Waals surface area contributed by atoms with Crippen LogP contribution in [0, 0.1) is 0 Å². The third-order valence-corrected chi connectivity index (χ3v) is 9.21. The molecule has 0 aromatic heterocycles. The van der Waals surface area contributed by atoms with Gasteiger partial charge >= 0.3 is 5.97 Å². The van der Waals surface area contributed by atoms with Crippen LogP contribution < -0.4 is 0 Å². The van der Waals surface area contributed by atoms with Gasteiger partial charge in [-0.05, 0) is 50.4 Å². The summed E-state index contributed by atoms with van der Waals surface area (Å²) in [7, 11) is -0.240. The fourth-order valence-electron chi connectivity index (χ4n) is 2.07.